The van der Waals surface area contributed by atoms with Crippen LogP contribution in [0.4, 0.5) is 0 Å². The number of nitrogens with zero attached hydrogens (tertiary/aromatic N) is 4. The largest absolute Gasteiger partial charge is 0.508 e. The Bertz CT molecular complexity index is 783. The summed E-state index contributed by atoms with van der Waals surface area (Å²) < 4.78 is 4.90. The fourth-order valence-corrected chi connectivity index (χ4v) is 3.14. The zero-order valence-corrected chi connectivity index (χ0v) is 16.7. The number of hydrogen-bond donors (Lipinski definition) is 3. The Hall–Kier alpha value is -3.07. The zero-order chi connectivity index (χ0) is 20.5. The van der Waals surface area contributed by atoms with Gasteiger partial charge in [-0.1, -0.05) is 5.16 Å². The molecule has 3 rings (SSSR count). The van der Waals surface area contributed by atoms with E-state index in [1.165, 1.54) is 12.1 Å². The average Bonchev–Trinajstić information content (AvgIpc) is 3.24. The Balaban J connectivity index is 1.44. The van der Waals surface area contributed by atoms with Gasteiger partial charge in [0.15, 0.2) is 5.96 Å². The number of hydrogen-bond acceptors (Lipinski definition) is 6. The van der Waals surface area contributed by atoms with Gasteiger partial charge in [0.05, 0.1) is 12.2 Å². The molecule has 1 saturated heterocycles. The lowest BCUT2D eigenvalue weighted by Gasteiger charge is -2.36. The number of guanidine groups is 1. The monoisotopic (exact) mass is 400 g/mol. The maximum atomic E-state index is 12.1. The van der Waals surface area contributed by atoms with Crippen LogP contribution in [0, 0.1) is 0 Å². The first kappa shape index (κ1) is 20.7. The van der Waals surface area contributed by atoms with Gasteiger partial charge in [-0.3, -0.25) is 14.7 Å². The first-order chi connectivity index (χ1) is 14.2. The first-order valence-electron chi connectivity index (χ1n) is 9.88. The second kappa shape index (κ2) is 10.5. The molecule has 0 radical (unpaired) electrons. The highest BCUT2D eigenvalue weighted by Crippen LogP contribution is 2.09. The second-order valence-corrected chi connectivity index (χ2v) is 6.79. The summed E-state index contributed by atoms with van der Waals surface area (Å²) in [6, 6.07) is 8.08. The number of nitrogens with one attached hydrogen (secondary N) is 2. The summed E-state index contributed by atoms with van der Waals surface area (Å²) in [5.74, 6) is 0.835. The minimum absolute atomic E-state index is 0.141. The Labute approximate surface area is 170 Å². The van der Waals surface area contributed by atoms with E-state index in [1.54, 1.807) is 18.4 Å². The number of aliphatic imine (C=N–C) groups is 1. The molecular formula is C20H28N6O3. The summed E-state index contributed by atoms with van der Waals surface area (Å²) in [6.45, 7) is 8.17. The van der Waals surface area contributed by atoms with Gasteiger partial charge in [0.25, 0.3) is 5.91 Å². The number of benzene rings is 1. The number of carbonyl (C=O) groups is 1. The van der Waals surface area contributed by atoms with Crippen LogP contribution < -0.4 is 10.6 Å². The van der Waals surface area contributed by atoms with Crippen LogP contribution in [-0.4, -0.2) is 77.7 Å². The maximum absolute atomic E-state index is 12.1. The molecule has 9 heteroatoms. The minimum Gasteiger partial charge on any atom is -0.508 e. The number of aromatic hydroxyl groups is 1. The molecular weight excluding hydrogens is 372 g/mol. The van der Waals surface area contributed by atoms with E-state index in [0.717, 1.165) is 50.9 Å². The van der Waals surface area contributed by atoms with Crippen LogP contribution in [0.3, 0.4) is 0 Å². The third kappa shape index (κ3) is 6.21. The molecule has 0 saturated carbocycles. The van der Waals surface area contributed by atoms with Crippen LogP contribution >= 0.6 is 0 Å². The molecule has 156 valence electrons. The molecule has 1 aliphatic rings. The van der Waals surface area contributed by atoms with Gasteiger partial charge in [-0.2, -0.15) is 0 Å². The van der Waals surface area contributed by atoms with E-state index in [1.807, 2.05) is 13.0 Å². The molecule has 3 N–H and O–H groups in total. The molecule has 1 aliphatic heterocycles. The second-order valence-electron chi connectivity index (χ2n) is 6.79. The van der Waals surface area contributed by atoms with Gasteiger partial charge >= 0.3 is 0 Å². The van der Waals surface area contributed by atoms with E-state index in [0.29, 0.717) is 18.7 Å². The third-order valence-corrected chi connectivity index (χ3v) is 4.67. The van der Waals surface area contributed by atoms with Crippen LogP contribution in [0.15, 0.2) is 46.1 Å². The van der Waals surface area contributed by atoms with Crippen LogP contribution in [0.1, 0.15) is 23.0 Å². The lowest BCUT2D eigenvalue weighted by Crippen LogP contribution is -2.52. The van der Waals surface area contributed by atoms with Gasteiger partial charge in [0, 0.05) is 57.4 Å². The van der Waals surface area contributed by atoms with Crippen molar-refractivity contribution in [1.82, 2.24) is 25.6 Å². The van der Waals surface area contributed by atoms with Crippen LogP contribution in [-0.2, 0) is 6.54 Å². The van der Waals surface area contributed by atoms with Crippen molar-refractivity contribution in [3.05, 3.63) is 47.9 Å². The Morgan fingerprint density at radius 2 is 1.93 bits per heavy atom. The molecule has 9 nitrogen and oxygen atoms in total. The first-order valence-corrected chi connectivity index (χ1v) is 9.88. The van der Waals surface area contributed by atoms with Crippen molar-refractivity contribution in [2.75, 3.05) is 45.8 Å². The fourth-order valence-electron chi connectivity index (χ4n) is 3.14. The highest BCUT2D eigenvalue weighted by Gasteiger charge is 2.20. The fraction of sp³-hybridized carbons (Fsp3) is 0.450. The summed E-state index contributed by atoms with van der Waals surface area (Å²) in [4.78, 5) is 21.3. The van der Waals surface area contributed by atoms with Crippen molar-refractivity contribution >= 4 is 11.9 Å². The number of phenols is 1. The van der Waals surface area contributed by atoms with Crippen molar-refractivity contribution in [3.63, 3.8) is 0 Å². The molecule has 0 unspecified atom stereocenters. The molecule has 0 atom stereocenters. The molecule has 1 amide bonds. The molecule has 1 aromatic heterocycles. The van der Waals surface area contributed by atoms with E-state index in [9.17, 15) is 9.90 Å². The molecule has 29 heavy (non-hydrogen) atoms. The summed E-state index contributed by atoms with van der Waals surface area (Å²) in [6.07, 6.45) is 1.60. The van der Waals surface area contributed by atoms with E-state index < -0.39 is 0 Å². The number of amides is 1. The van der Waals surface area contributed by atoms with E-state index in [4.69, 9.17) is 4.52 Å². The molecule has 2 aromatic rings. The third-order valence-electron chi connectivity index (χ3n) is 4.67. The van der Waals surface area contributed by atoms with E-state index in [2.05, 4.69) is 30.6 Å². The lowest BCUT2D eigenvalue weighted by molar-refractivity contribution is 0.0954. The maximum Gasteiger partial charge on any atom is 0.251 e. The minimum atomic E-state index is -0.174. The molecule has 0 spiro atoms. The topological polar surface area (TPSA) is 106 Å². The zero-order valence-electron chi connectivity index (χ0n) is 16.7. The molecule has 0 bridgehead atoms. The predicted octanol–water partition coefficient (Wildman–Crippen LogP) is 0.893. The molecule has 1 fully saturated rings. The quantitative estimate of drug-likeness (QED) is 0.360. The van der Waals surface area contributed by atoms with Gasteiger partial charge in [-0.15, -0.1) is 0 Å². The van der Waals surface area contributed by atoms with Gasteiger partial charge < -0.3 is 25.2 Å². The van der Waals surface area contributed by atoms with Crippen molar-refractivity contribution in [3.8, 4) is 5.75 Å². The molecule has 1 aromatic carbocycles. The Morgan fingerprint density at radius 3 is 2.59 bits per heavy atom. The van der Waals surface area contributed by atoms with Crippen molar-refractivity contribution < 1.29 is 14.4 Å². The number of aromatic nitrogens is 1. The van der Waals surface area contributed by atoms with Crippen molar-refractivity contribution in [2.24, 2.45) is 4.99 Å². The number of piperazine rings is 1. The lowest BCUT2D eigenvalue weighted by atomic mass is 10.2. The molecule has 0 aliphatic carbocycles. The van der Waals surface area contributed by atoms with Gasteiger partial charge in [0.1, 0.15) is 12.0 Å². The highest BCUT2D eigenvalue weighted by molar-refractivity contribution is 5.94. The van der Waals surface area contributed by atoms with Crippen LogP contribution in [0.25, 0.3) is 0 Å². The number of carbonyl (C=O) groups excluding carboxylic acids is 1. The number of phenolic OH excluding ortho intramolecular Hbond substituents is 1. The van der Waals surface area contributed by atoms with Gasteiger partial charge in [-0.25, -0.2) is 0 Å². The van der Waals surface area contributed by atoms with Crippen LogP contribution in [0.2, 0.25) is 0 Å². The SMILES string of the molecule is CCNC(=NCCNC(=O)c1ccc(O)cc1)N1CCN(Cc2ccon2)CC1. The summed E-state index contributed by atoms with van der Waals surface area (Å²) >= 11 is 0. The van der Waals surface area contributed by atoms with Crippen molar-refractivity contribution in [1.29, 1.82) is 0 Å². The smallest absolute Gasteiger partial charge is 0.251 e. The predicted molar refractivity (Wildman–Crippen MR) is 110 cm³/mol. The highest BCUT2D eigenvalue weighted by atomic mass is 16.5. The van der Waals surface area contributed by atoms with E-state index in [-0.39, 0.29) is 11.7 Å². The van der Waals surface area contributed by atoms with Crippen LogP contribution in [0.5, 0.6) is 5.75 Å². The normalized spacial score (nSPS) is 15.3. The van der Waals surface area contributed by atoms with Crippen molar-refractivity contribution in [2.45, 2.75) is 13.5 Å². The van der Waals surface area contributed by atoms with E-state index >= 15 is 0 Å². The van der Waals surface area contributed by atoms with Gasteiger partial charge in [0.2, 0.25) is 0 Å². The molecule has 2 heterocycles. The summed E-state index contributed by atoms with van der Waals surface area (Å²) in [5.41, 5.74) is 1.46. The van der Waals surface area contributed by atoms with Gasteiger partial charge in [-0.05, 0) is 31.2 Å². The summed E-state index contributed by atoms with van der Waals surface area (Å²) in [7, 11) is 0. The average molecular weight is 400 g/mol. The standard InChI is InChI=1S/C20H28N6O3/c1-2-21-20(23-9-8-22-19(28)16-3-5-18(27)6-4-16)26-12-10-25(11-13-26)15-17-7-14-29-24-17/h3-7,14,27H,2,8-13,15H2,1H3,(H,21,23)(H,22,28). The Kier molecular flexibility index (Phi) is 7.46. The summed E-state index contributed by atoms with van der Waals surface area (Å²) in [5, 5.41) is 19.4. The number of rotatable bonds is 7. The Morgan fingerprint density at radius 1 is 1.17 bits per heavy atom.